The Morgan fingerprint density at radius 3 is 2.00 bits per heavy atom. The summed E-state index contributed by atoms with van der Waals surface area (Å²) in [6.07, 6.45) is 4.73. The molecule has 2 nitrogen and oxygen atoms in total. The van der Waals surface area contributed by atoms with Crippen molar-refractivity contribution >= 4 is 7.12 Å². The van der Waals surface area contributed by atoms with Crippen LogP contribution in [0.3, 0.4) is 0 Å². The summed E-state index contributed by atoms with van der Waals surface area (Å²) in [4.78, 5) is 0. The molecule has 0 saturated carbocycles. The SMILES string of the molecule is CCCCc1ccc(CCB(O)O)cc1. The van der Waals surface area contributed by atoms with Crippen LogP contribution >= 0.6 is 0 Å². The summed E-state index contributed by atoms with van der Waals surface area (Å²) < 4.78 is 0. The number of hydrogen-bond donors (Lipinski definition) is 2. The molecule has 1 rings (SSSR count). The molecule has 0 heterocycles. The number of rotatable bonds is 6. The lowest BCUT2D eigenvalue weighted by Crippen LogP contribution is -2.11. The summed E-state index contributed by atoms with van der Waals surface area (Å²) in [5.41, 5.74) is 2.54. The highest BCUT2D eigenvalue weighted by Crippen LogP contribution is 2.09. The van der Waals surface area contributed by atoms with Crippen LogP contribution in [0.15, 0.2) is 24.3 Å². The van der Waals surface area contributed by atoms with Crippen molar-refractivity contribution in [3.05, 3.63) is 35.4 Å². The first-order valence-electron chi connectivity index (χ1n) is 5.66. The van der Waals surface area contributed by atoms with Crippen LogP contribution < -0.4 is 0 Å². The van der Waals surface area contributed by atoms with Crippen molar-refractivity contribution in [3.8, 4) is 0 Å². The lowest BCUT2D eigenvalue weighted by Gasteiger charge is -2.03. The van der Waals surface area contributed by atoms with Gasteiger partial charge < -0.3 is 10.0 Å². The predicted octanol–water partition coefficient (Wildman–Crippen LogP) is 2.04. The van der Waals surface area contributed by atoms with E-state index in [4.69, 9.17) is 10.0 Å². The van der Waals surface area contributed by atoms with Crippen molar-refractivity contribution in [1.82, 2.24) is 0 Å². The Morgan fingerprint density at radius 2 is 1.53 bits per heavy atom. The highest BCUT2D eigenvalue weighted by molar-refractivity contribution is 6.40. The van der Waals surface area contributed by atoms with Gasteiger partial charge in [0.05, 0.1) is 0 Å². The number of benzene rings is 1. The first-order chi connectivity index (χ1) is 7.22. The van der Waals surface area contributed by atoms with E-state index in [1.54, 1.807) is 0 Å². The number of unbranched alkanes of at least 4 members (excludes halogenated alkanes) is 1. The van der Waals surface area contributed by atoms with Gasteiger partial charge in [-0.2, -0.15) is 0 Å². The van der Waals surface area contributed by atoms with Crippen molar-refractivity contribution < 1.29 is 10.0 Å². The van der Waals surface area contributed by atoms with Gasteiger partial charge in [-0.05, 0) is 36.7 Å². The molecule has 0 amide bonds. The molecule has 0 fully saturated rings. The smallest absolute Gasteiger partial charge is 0.427 e. The van der Waals surface area contributed by atoms with Crippen LogP contribution in [0.25, 0.3) is 0 Å². The molecule has 1 aromatic carbocycles. The van der Waals surface area contributed by atoms with E-state index in [0.717, 1.165) is 12.8 Å². The van der Waals surface area contributed by atoms with E-state index in [1.165, 1.54) is 24.0 Å². The summed E-state index contributed by atoms with van der Waals surface area (Å²) in [7, 11) is -1.19. The Morgan fingerprint density at radius 1 is 1.00 bits per heavy atom. The van der Waals surface area contributed by atoms with Gasteiger partial charge in [-0.3, -0.25) is 0 Å². The van der Waals surface area contributed by atoms with Crippen molar-refractivity contribution in [2.45, 2.75) is 38.9 Å². The Hall–Kier alpha value is -0.795. The third-order valence-electron chi connectivity index (χ3n) is 2.53. The summed E-state index contributed by atoms with van der Waals surface area (Å²) >= 11 is 0. The zero-order valence-corrected chi connectivity index (χ0v) is 9.32. The molecule has 0 bridgehead atoms. The molecule has 0 aliphatic heterocycles. The Kier molecular flexibility index (Phi) is 5.44. The van der Waals surface area contributed by atoms with Crippen LogP contribution in [0.4, 0.5) is 0 Å². The van der Waals surface area contributed by atoms with E-state index in [2.05, 4.69) is 31.2 Å². The van der Waals surface area contributed by atoms with E-state index in [-0.39, 0.29) is 0 Å². The Balaban J connectivity index is 2.41. The minimum atomic E-state index is -1.19. The van der Waals surface area contributed by atoms with Gasteiger partial charge in [0.1, 0.15) is 0 Å². The first-order valence-corrected chi connectivity index (χ1v) is 5.66. The fraction of sp³-hybridized carbons (Fsp3) is 0.500. The van der Waals surface area contributed by atoms with E-state index in [9.17, 15) is 0 Å². The van der Waals surface area contributed by atoms with E-state index < -0.39 is 7.12 Å². The largest absolute Gasteiger partial charge is 0.451 e. The van der Waals surface area contributed by atoms with Gasteiger partial charge in [0.15, 0.2) is 0 Å². The molecule has 0 aromatic heterocycles. The molecule has 3 heteroatoms. The lowest BCUT2D eigenvalue weighted by molar-refractivity contribution is 0.405. The minimum absolute atomic E-state index is 0.411. The zero-order valence-electron chi connectivity index (χ0n) is 9.32. The monoisotopic (exact) mass is 206 g/mol. The number of aryl methyl sites for hydroxylation is 2. The van der Waals surface area contributed by atoms with Gasteiger partial charge in [0.25, 0.3) is 0 Å². The van der Waals surface area contributed by atoms with E-state index >= 15 is 0 Å². The second-order valence-corrected chi connectivity index (χ2v) is 3.94. The second kappa shape index (κ2) is 6.65. The zero-order chi connectivity index (χ0) is 11.1. The Labute approximate surface area is 92.1 Å². The molecule has 0 atom stereocenters. The van der Waals surface area contributed by atoms with Crippen molar-refractivity contribution in [3.63, 3.8) is 0 Å². The standard InChI is InChI=1S/C12H19BO2/c1-2-3-4-11-5-7-12(8-6-11)9-10-13(14)15/h5-8,14-15H,2-4,9-10H2,1H3. The van der Waals surface area contributed by atoms with Crippen LogP contribution in [0.5, 0.6) is 0 Å². The molecule has 0 radical (unpaired) electrons. The molecule has 0 unspecified atom stereocenters. The molecule has 2 N–H and O–H groups in total. The molecule has 0 aliphatic carbocycles. The molecule has 0 aliphatic rings. The maximum atomic E-state index is 8.74. The second-order valence-electron chi connectivity index (χ2n) is 3.94. The summed E-state index contributed by atoms with van der Waals surface area (Å²) in [6, 6.07) is 8.42. The average Bonchev–Trinajstić information content (AvgIpc) is 2.25. The minimum Gasteiger partial charge on any atom is -0.427 e. The first kappa shape index (κ1) is 12.3. The van der Waals surface area contributed by atoms with E-state index in [0.29, 0.717) is 6.32 Å². The molecular weight excluding hydrogens is 187 g/mol. The van der Waals surface area contributed by atoms with Crippen LogP contribution in [0.2, 0.25) is 6.32 Å². The van der Waals surface area contributed by atoms with Crippen molar-refractivity contribution in [2.24, 2.45) is 0 Å². The quantitative estimate of drug-likeness (QED) is 0.699. The lowest BCUT2D eigenvalue weighted by atomic mass is 9.83. The number of hydrogen-bond acceptors (Lipinski definition) is 2. The van der Waals surface area contributed by atoms with E-state index in [1.807, 2.05) is 0 Å². The maximum Gasteiger partial charge on any atom is 0.451 e. The van der Waals surface area contributed by atoms with Gasteiger partial charge in [0.2, 0.25) is 0 Å². The molecule has 82 valence electrons. The molecular formula is C12H19BO2. The molecule has 0 spiro atoms. The van der Waals surface area contributed by atoms with Crippen molar-refractivity contribution in [1.29, 1.82) is 0 Å². The normalized spacial score (nSPS) is 10.3. The highest BCUT2D eigenvalue weighted by atomic mass is 16.4. The van der Waals surface area contributed by atoms with Crippen LogP contribution in [0.1, 0.15) is 30.9 Å². The molecule has 0 saturated heterocycles. The fourth-order valence-corrected chi connectivity index (χ4v) is 1.55. The maximum absolute atomic E-state index is 8.74. The Bertz CT molecular complexity index is 269. The average molecular weight is 206 g/mol. The highest BCUT2D eigenvalue weighted by Gasteiger charge is 2.05. The van der Waals surface area contributed by atoms with Crippen LogP contribution in [0, 0.1) is 0 Å². The van der Waals surface area contributed by atoms with Gasteiger partial charge in [0, 0.05) is 0 Å². The summed E-state index contributed by atoms with van der Waals surface area (Å²) in [5, 5.41) is 17.5. The van der Waals surface area contributed by atoms with Gasteiger partial charge in [-0.25, -0.2) is 0 Å². The van der Waals surface area contributed by atoms with Gasteiger partial charge in [-0.15, -0.1) is 0 Å². The topological polar surface area (TPSA) is 40.5 Å². The van der Waals surface area contributed by atoms with Crippen LogP contribution in [-0.4, -0.2) is 17.2 Å². The van der Waals surface area contributed by atoms with Gasteiger partial charge in [-0.1, -0.05) is 37.6 Å². The predicted molar refractivity (Wildman–Crippen MR) is 63.8 cm³/mol. The fourth-order valence-electron chi connectivity index (χ4n) is 1.55. The molecule has 15 heavy (non-hydrogen) atoms. The van der Waals surface area contributed by atoms with Crippen LogP contribution in [-0.2, 0) is 12.8 Å². The third kappa shape index (κ3) is 5.00. The molecule has 1 aromatic rings. The van der Waals surface area contributed by atoms with Gasteiger partial charge >= 0.3 is 7.12 Å². The summed E-state index contributed by atoms with van der Waals surface area (Å²) in [6.45, 7) is 2.19. The van der Waals surface area contributed by atoms with Crippen molar-refractivity contribution in [2.75, 3.05) is 0 Å². The third-order valence-corrected chi connectivity index (χ3v) is 2.53. The summed E-state index contributed by atoms with van der Waals surface area (Å²) in [5.74, 6) is 0.